The summed E-state index contributed by atoms with van der Waals surface area (Å²) in [7, 11) is 0. The number of hydrogen-bond acceptors (Lipinski definition) is 3. The second-order valence-electron chi connectivity index (χ2n) is 3.51. The maximum atomic E-state index is 9.95. The van der Waals surface area contributed by atoms with Crippen LogP contribution in [0.1, 0.15) is 22.4 Å². The van der Waals surface area contributed by atoms with E-state index in [1.54, 1.807) is 11.3 Å². The first-order valence-electron chi connectivity index (χ1n) is 4.90. The molecule has 0 spiro atoms. The molecule has 15 heavy (non-hydrogen) atoms. The lowest BCUT2D eigenvalue weighted by Gasteiger charge is -2.08. The van der Waals surface area contributed by atoms with Crippen molar-refractivity contribution in [3.8, 4) is 0 Å². The molecule has 0 aliphatic heterocycles. The van der Waals surface area contributed by atoms with Crippen LogP contribution in [0, 0.1) is 6.92 Å². The molecule has 1 aromatic carbocycles. The minimum Gasteiger partial charge on any atom is -0.388 e. The van der Waals surface area contributed by atoms with Crippen molar-refractivity contribution in [3.63, 3.8) is 0 Å². The molecule has 0 radical (unpaired) electrons. The number of hydrogen-bond donors (Lipinski definition) is 1. The van der Waals surface area contributed by atoms with Gasteiger partial charge >= 0.3 is 0 Å². The summed E-state index contributed by atoms with van der Waals surface area (Å²) < 4.78 is 0. The standard InChI is InChI=1S/C12H13NOS/c1-9-8-15-12(13-9)7-11(14)10-5-3-2-4-6-10/h2-6,8,11,14H,7H2,1H3/t11-/m0/s1. The number of aromatic nitrogens is 1. The van der Waals surface area contributed by atoms with Crippen molar-refractivity contribution >= 4 is 11.3 Å². The van der Waals surface area contributed by atoms with Gasteiger partial charge in [0.2, 0.25) is 0 Å². The molecule has 0 unspecified atom stereocenters. The topological polar surface area (TPSA) is 33.1 Å². The van der Waals surface area contributed by atoms with Crippen molar-refractivity contribution in [2.24, 2.45) is 0 Å². The smallest absolute Gasteiger partial charge is 0.0957 e. The molecule has 0 amide bonds. The van der Waals surface area contributed by atoms with Crippen LogP contribution < -0.4 is 0 Å². The van der Waals surface area contributed by atoms with E-state index in [9.17, 15) is 5.11 Å². The number of nitrogens with zero attached hydrogens (tertiary/aromatic N) is 1. The Hall–Kier alpha value is -1.19. The average molecular weight is 219 g/mol. The highest BCUT2D eigenvalue weighted by molar-refractivity contribution is 7.09. The molecule has 1 atom stereocenters. The third-order valence-electron chi connectivity index (χ3n) is 2.22. The highest BCUT2D eigenvalue weighted by atomic mass is 32.1. The largest absolute Gasteiger partial charge is 0.388 e. The predicted molar refractivity (Wildman–Crippen MR) is 62.0 cm³/mol. The number of aliphatic hydroxyl groups is 1. The summed E-state index contributed by atoms with van der Waals surface area (Å²) in [5.41, 5.74) is 1.97. The summed E-state index contributed by atoms with van der Waals surface area (Å²) in [6.07, 6.45) is 0.152. The van der Waals surface area contributed by atoms with E-state index in [1.165, 1.54) is 0 Å². The lowest BCUT2D eigenvalue weighted by molar-refractivity contribution is 0.178. The van der Waals surface area contributed by atoms with Gasteiger partial charge in [0, 0.05) is 17.5 Å². The molecular formula is C12H13NOS. The van der Waals surface area contributed by atoms with E-state index in [2.05, 4.69) is 4.98 Å². The lowest BCUT2D eigenvalue weighted by atomic mass is 10.1. The van der Waals surface area contributed by atoms with Gasteiger partial charge in [-0.05, 0) is 12.5 Å². The summed E-state index contributed by atoms with van der Waals surface area (Å²) in [6.45, 7) is 1.97. The van der Waals surface area contributed by atoms with Gasteiger partial charge in [-0.1, -0.05) is 30.3 Å². The van der Waals surface area contributed by atoms with E-state index in [-0.39, 0.29) is 0 Å². The molecule has 2 nitrogen and oxygen atoms in total. The normalized spacial score (nSPS) is 12.7. The van der Waals surface area contributed by atoms with E-state index < -0.39 is 6.10 Å². The van der Waals surface area contributed by atoms with E-state index in [0.717, 1.165) is 16.3 Å². The van der Waals surface area contributed by atoms with Crippen LogP contribution in [-0.4, -0.2) is 10.1 Å². The maximum absolute atomic E-state index is 9.95. The maximum Gasteiger partial charge on any atom is 0.0957 e. The third-order valence-corrected chi connectivity index (χ3v) is 3.21. The third kappa shape index (κ3) is 2.64. The van der Waals surface area contributed by atoms with Gasteiger partial charge in [0.05, 0.1) is 11.1 Å². The number of aryl methyl sites for hydroxylation is 1. The number of benzene rings is 1. The molecule has 0 aliphatic carbocycles. The van der Waals surface area contributed by atoms with Crippen LogP contribution in [0.3, 0.4) is 0 Å². The van der Waals surface area contributed by atoms with Crippen LogP contribution >= 0.6 is 11.3 Å². The molecule has 78 valence electrons. The quantitative estimate of drug-likeness (QED) is 0.861. The van der Waals surface area contributed by atoms with Crippen LogP contribution in [0.2, 0.25) is 0 Å². The summed E-state index contributed by atoms with van der Waals surface area (Å²) in [5.74, 6) is 0. The van der Waals surface area contributed by atoms with Gasteiger partial charge in [0.15, 0.2) is 0 Å². The Balaban J connectivity index is 2.07. The summed E-state index contributed by atoms with van der Waals surface area (Å²) in [5, 5.41) is 12.9. The molecule has 2 aromatic rings. The Morgan fingerprint density at radius 1 is 1.33 bits per heavy atom. The summed E-state index contributed by atoms with van der Waals surface area (Å²) >= 11 is 1.60. The number of thiazole rings is 1. The Morgan fingerprint density at radius 2 is 2.07 bits per heavy atom. The molecule has 1 aromatic heterocycles. The second kappa shape index (κ2) is 4.55. The molecule has 0 fully saturated rings. The average Bonchev–Trinajstić information content (AvgIpc) is 2.65. The molecule has 3 heteroatoms. The minimum atomic E-state index is -0.447. The summed E-state index contributed by atoms with van der Waals surface area (Å²) in [6, 6.07) is 9.69. The monoisotopic (exact) mass is 219 g/mol. The Bertz CT molecular complexity index is 424. The molecule has 0 bridgehead atoms. The first kappa shape index (κ1) is 10.3. The van der Waals surface area contributed by atoms with E-state index in [1.807, 2.05) is 42.6 Å². The van der Waals surface area contributed by atoms with Crippen molar-refractivity contribution in [3.05, 3.63) is 52.0 Å². The van der Waals surface area contributed by atoms with Crippen LogP contribution in [0.5, 0.6) is 0 Å². The molecule has 0 saturated carbocycles. The van der Waals surface area contributed by atoms with Crippen molar-refractivity contribution in [1.29, 1.82) is 0 Å². The fourth-order valence-electron chi connectivity index (χ4n) is 1.45. The SMILES string of the molecule is Cc1csc(C[C@H](O)c2ccccc2)n1. The highest BCUT2D eigenvalue weighted by Crippen LogP contribution is 2.20. The zero-order chi connectivity index (χ0) is 10.7. The molecule has 2 rings (SSSR count). The van der Waals surface area contributed by atoms with Crippen molar-refractivity contribution < 1.29 is 5.11 Å². The summed E-state index contributed by atoms with van der Waals surface area (Å²) in [4.78, 5) is 4.33. The first-order chi connectivity index (χ1) is 7.25. The van der Waals surface area contributed by atoms with Crippen LogP contribution in [0.25, 0.3) is 0 Å². The fourth-order valence-corrected chi connectivity index (χ4v) is 2.26. The Labute approximate surface area is 93.2 Å². The minimum absolute atomic E-state index is 0.447. The molecule has 1 heterocycles. The molecule has 0 saturated heterocycles. The zero-order valence-corrected chi connectivity index (χ0v) is 9.37. The van der Waals surface area contributed by atoms with Gasteiger partial charge in [-0.25, -0.2) is 4.98 Å². The van der Waals surface area contributed by atoms with Gasteiger partial charge in [-0.15, -0.1) is 11.3 Å². The molecular weight excluding hydrogens is 206 g/mol. The van der Waals surface area contributed by atoms with E-state index >= 15 is 0 Å². The van der Waals surface area contributed by atoms with Gasteiger partial charge in [0.1, 0.15) is 0 Å². The van der Waals surface area contributed by atoms with Crippen molar-refractivity contribution in [2.45, 2.75) is 19.4 Å². The van der Waals surface area contributed by atoms with Gasteiger partial charge < -0.3 is 5.11 Å². The highest BCUT2D eigenvalue weighted by Gasteiger charge is 2.09. The lowest BCUT2D eigenvalue weighted by Crippen LogP contribution is -2.01. The first-order valence-corrected chi connectivity index (χ1v) is 5.77. The van der Waals surface area contributed by atoms with Gasteiger partial charge in [-0.3, -0.25) is 0 Å². The zero-order valence-electron chi connectivity index (χ0n) is 8.55. The molecule has 0 aliphatic rings. The van der Waals surface area contributed by atoms with Crippen molar-refractivity contribution in [2.75, 3.05) is 0 Å². The predicted octanol–water partition coefficient (Wildman–Crippen LogP) is 2.73. The van der Waals surface area contributed by atoms with Crippen LogP contribution in [-0.2, 0) is 6.42 Å². The van der Waals surface area contributed by atoms with Crippen molar-refractivity contribution in [1.82, 2.24) is 4.98 Å². The number of rotatable bonds is 3. The number of aliphatic hydroxyl groups excluding tert-OH is 1. The van der Waals surface area contributed by atoms with Crippen LogP contribution in [0.15, 0.2) is 35.7 Å². The molecule has 1 N–H and O–H groups in total. The van der Waals surface area contributed by atoms with Crippen LogP contribution in [0.4, 0.5) is 0 Å². The van der Waals surface area contributed by atoms with Gasteiger partial charge in [0.25, 0.3) is 0 Å². The Morgan fingerprint density at radius 3 is 2.67 bits per heavy atom. The van der Waals surface area contributed by atoms with E-state index in [4.69, 9.17) is 0 Å². The van der Waals surface area contributed by atoms with Gasteiger partial charge in [-0.2, -0.15) is 0 Å². The fraction of sp³-hybridized carbons (Fsp3) is 0.250. The Kier molecular flexibility index (Phi) is 3.14. The van der Waals surface area contributed by atoms with E-state index in [0.29, 0.717) is 6.42 Å². The second-order valence-corrected chi connectivity index (χ2v) is 4.46.